The Balaban J connectivity index is 1.30. The van der Waals surface area contributed by atoms with Crippen molar-refractivity contribution in [2.75, 3.05) is 31.7 Å². The minimum absolute atomic E-state index is 0.212. The van der Waals surface area contributed by atoms with Gasteiger partial charge < -0.3 is 29.9 Å². The number of aliphatic hydroxyl groups excluding tert-OH is 1. The van der Waals surface area contributed by atoms with E-state index in [1.165, 1.54) is 23.1 Å². The standard InChI is InChI=1S/C27H30ClFN6O4/c1-16(25(37)32-22(15-36)17-3-2-4-19(29)11-17)35-8-7-34-14-18(12-23(34)26(35)38)24-21(28)13-30-27(33-24)31-20-5-9-39-10-6-20/h2-4,11-14,16,20,22,36H,5-10,15H2,1H3,(H,32,37)(H,30,31,33)/t16-,22+/m0/s1. The molecular formula is C27H30ClFN6O4. The molecule has 1 saturated heterocycles. The Morgan fingerprint density at radius 3 is 2.82 bits per heavy atom. The van der Waals surface area contributed by atoms with Crippen LogP contribution in [0.5, 0.6) is 0 Å². The zero-order valence-corrected chi connectivity index (χ0v) is 22.2. The molecule has 0 unspecified atom stereocenters. The highest BCUT2D eigenvalue weighted by Crippen LogP contribution is 2.30. The molecule has 3 aromatic rings. The molecule has 0 saturated carbocycles. The summed E-state index contributed by atoms with van der Waals surface area (Å²) in [5.41, 5.74) is 2.03. The highest BCUT2D eigenvalue weighted by atomic mass is 35.5. The first kappa shape index (κ1) is 27.0. The molecule has 1 aromatic carbocycles. The largest absolute Gasteiger partial charge is 0.394 e. The SMILES string of the molecule is C[C@@H](C(=O)N[C@H](CO)c1cccc(F)c1)N1CCn2cc(-c3nc(NC4CCOCC4)ncc3Cl)cc2C1=O. The summed E-state index contributed by atoms with van der Waals surface area (Å²) in [7, 11) is 0. The number of aliphatic hydroxyl groups is 1. The Labute approximate surface area is 230 Å². The lowest BCUT2D eigenvalue weighted by atomic mass is 10.1. The average molecular weight is 557 g/mol. The van der Waals surface area contributed by atoms with Crippen LogP contribution >= 0.6 is 11.6 Å². The van der Waals surface area contributed by atoms with Crippen LogP contribution in [0.3, 0.4) is 0 Å². The molecule has 2 aliphatic rings. The second-order valence-corrected chi connectivity index (χ2v) is 10.1. The monoisotopic (exact) mass is 556 g/mol. The minimum Gasteiger partial charge on any atom is -0.394 e. The van der Waals surface area contributed by atoms with Gasteiger partial charge in [0.05, 0.1) is 29.6 Å². The number of carbonyl (C=O) groups excluding carboxylic acids is 2. The molecule has 5 rings (SSSR count). The predicted octanol–water partition coefficient (Wildman–Crippen LogP) is 3.02. The molecule has 1 fully saturated rings. The molecule has 2 aromatic heterocycles. The van der Waals surface area contributed by atoms with Crippen molar-refractivity contribution in [3.8, 4) is 11.3 Å². The first-order chi connectivity index (χ1) is 18.8. The lowest BCUT2D eigenvalue weighted by Gasteiger charge is -2.33. The number of hydrogen-bond donors (Lipinski definition) is 3. The van der Waals surface area contributed by atoms with E-state index in [1.54, 1.807) is 25.3 Å². The molecule has 0 spiro atoms. The van der Waals surface area contributed by atoms with Crippen LogP contribution in [0.25, 0.3) is 11.3 Å². The summed E-state index contributed by atoms with van der Waals surface area (Å²) in [6, 6.07) is 6.00. The van der Waals surface area contributed by atoms with Gasteiger partial charge in [-0.1, -0.05) is 23.7 Å². The predicted molar refractivity (Wildman–Crippen MR) is 143 cm³/mol. The Bertz CT molecular complexity index is 1360. The van der Waals surface area contributed by atoms with Crippen LogP contribution < -0.4 is 10.6 Å². The molecule has 0 aliphatic carbocycles. The van der Waals surface area contributed by atoms with Crippen molar-refractivity contribution in [3.63, 3.8) is 0 Å². The van der Waals surface area contributed by atoms with E-state index in [1.807, 2.05) is 10.8 Å². The summed E-state index contributed by atoms with van der Waals surface area (Å²) in [5, 5.41) is 16.2. The van der Waals surface area contributed by atoms with Crippen molar-refractivity contribution in [3.05, 3.63) is 64.8 Å². The minimum atomic E-state index is -0.815. The van der Waals surface area contributed by atoms with Gasteiger partial charge in [-0.3, -0.25) is 9.59 Å². The third-order valence-electron chi connectivity index (χ3n) is 7.13. The maximum Gasteiger partial charge on any atom is 0.271 e. The number of aromatic nitrogens is 3. The van der Waals surface area contributed by atoms with Crippen LogP contribution in [0.2, 0.25) is 5.02 Å². The van der Waals surface area contributed by atoms with Crippen LogP contribution in [0.4, 0.5) is 10.3 Å². The summed E-state index contributed by atoms with van der Waals surface area (Å²) in [5.74, 6) is -0.770. The first-order valence-corrected chi connectivity index (χ1v) is 13.3. The molecule has 0 radical (unpaired) electrons. The molecule has 12 heteroatoms. The van der Waals surface area contributed by atoms with Crippen LogP contribution in [-0.2, 0) is 16.1 Å². The van der Waals surface area contributed by atoms with E-state index in [0.717, 1.165) is 12.8 Å². The van der Waals surface area contributed by atoms with Crippen molar-refractivity contribution < 1.29 is 23.8 Å². The number of anilines is 1. The topological polar surface area (TPSA) is 122 Å². The van der Waals surface area contributed by atoms with Gasteiger partial charge in [0.1, 0.15) is 17.6 Å². The number of fused-ring (bicyclic) bond motifs is 1. The van der Waals surface area contributed by atoms with E-state index in [2.05, 4.69) is 20.6 Å². The lowest BCUT2D eigenvalue weighted by Crippen LogP contribution is -2.52. The molecule has 10 nitrogen and oxygen atoms in total. The zero-order valence-electron chi connectivity index (χ0n) is 21.4. The second-order valence-electron chi connectivity index (χ2n) is 9.70. The Hall–Kier alpha value is -3.54. The van der Waals surface area contributed by atoms with Crippen LogP contribution in [-0.4, -0.2) is 74.8 Å². The van der Waals surface area contributed by atoms with E-state index in [9.17, 15) is 19.1 Å². The summed E-state index contributed by atoms with van der Waals surface area (Å²) < 4.78 is 20.9. The van der Waals surface area contributed by atoms with Gasteiger partial charge in [-0.25, -0.2) is 14.4 Å². The summed E-state index contributed by atoms with van der Waals surface area (Å²) >= 11 is 6.44. The van der Waals surface area contributed by atoms with E-state index >= 15 is 0 Å². The van der Waals surface area contributed by atoms with Gasteiger partial charge >= 0.3 is 0 Å². The normalized spacial score (nSPS) is 17.4. The summed E-state index contributed by atoms with van der Waals surface area (Å²) in [6.45, 7) is 3.37. The first-order valence-electron chi connectivity index (χ1n) is 12.9. The van der Waals surface area contributed by atoms with Gasteiger partial charge in [-0.05, 0) is 43.5 Å². The highest BCUT2D eigenvalue weighted by Gasteiger charge is 2.33. The molecule has 39 heavy (non-hydrogen) atoms. The summed E-state index contributed by atoms with van der Waals surface area (Å²) in [4.78, 5) is 36.9. The third-order valence-corrected chi connectivity index (χ3v) is 7.40. The fourth-order valence-corrected chi connectivity index (χ4v) is 5.09. The number of carbonyl (C=O) groups is 2. The molecule has 206 valence electrons. The van der Waals surface area contributed by atoms with Gasteiger partial charge in [0.15, 0.2) is 0 Å². The van der Waals surface area contributed by atoms with Crippen molar-refractivity contribution >= 4 is 29.4 Å². The van der Waals surface area contributed by atoms with Crippen molar-refractivity contribution in [2.45, 2.75) is 44.4 Å². The fraction of sp³-hybridized carbons (Fsp3) is 0.407. The summed E-state index contributed by atoms with van der Waals surface area (Å²) in [6.07, 6.45) is 5.09. The Morgan fingerprint density at radius 2 is 2.08 bits per heavy atom. The van der Waals surface area contributed by atoms with E-state index in [-0.39, 0.29) is 11.9 Å². The zero-order chi connectivity index (χ0) is 27.5. The maximum absolute atomic E-state index is 13.6. The molecule has 4 heterocycles. The lowest BCUT2D eigenvalue weighted by molar-refractivity contribution is -0.126. The smallest absolute Gasteiger partial charge is 0.271 e. The van der Waals surface area contributed by atoms with Crippen LogP contribution in [0.1, 0.15) is 41.9 Å². The van der Waals surface area contributed by atoms with Gasteiger partial charge in [0, 0.05) is 44.1 Å². The van der Waals surface area contributed by atoms with Crippen molar-refractivity contribution in [1.82, 2.24) is 24.8 Å². The van der Waals surface area contributed by atoms with E-state index in [4.69, 9.17) is 16.3 Å². The number of ether oxygens (including phenoxy) is 1. The van der Waals surface area contributed by atoms with E-state index < -0.39 is 30.4 Å². The maximum atomic E-state index is 13.6. The third kappa shape index (κ3) is 5.90. The van der Waals surface area contributed by atoms with Gasteiger partial charge in [-0.2, -0.15) is 0 Å². The molecular weight excluding hydrogens is 527 g/mol. The van der Waals surface area contributed by atoms with Crippen molar-refractivity contribution in [2.24, 2.45) is 0 Å². The number of halogens is 2. The quantitative estimate of drug-likeness (QED) is 0.390. The van der Waals surface area contributed by atoms with Crippen LogP contribution in [0.15, 0.2) is 42.7 Å². The van der Waals surface area contributed by atoms with Gasteiger partial charge in [-0.15, -0.1) is 0 Å². The molecule has 0 bridgehead atoms. The Morgan fingerprint density at radius 1 is 1.28 bits per heavy atom. The molecule has 2 aliphatic heterocycles. The number of benzene rings is 1. The number of hydrogen-bond acceptors (Lipinski definition) is 7. The molecule has 2 atom stereocenters. The number of nitrogens with one attached hydrogen (secondary N) is 2. The number of nitrogens with zero attached hydrogens (tertiary/aromatic N) is 4. The van der Waals surface area contributed by atoms with Gasteiger partial charge in [0.25, 0.3) is 5.91 Å². The Kier molecular flexibility index (Phi) is 8.10. The fourth-order valence-electron chi connectivity index (χ4n) is 4.89. The number of amides is 2. The molecule has 2 amide bonds. The highest BCUT2D eigenvalue weighted by molar-refractivity contribution is 6.33. The molecule has 3 N–H and O–H groups in total. The van der Waals surface area contributed by atoms with Crippen LogP contribution in [0, 0.1) is 5.82 Å². The second kappa shape index (κ2) is 11.7. The van der Waals surface area contributed by atoms with Crippen molar-refractivity contribution in [1.29, 1.82) is 0 Å². The average Bonchev–Trinajstić information content (AvgIpc) is 3.38. The number of rotatable bonds is 8. The van der Waals surface area contributed by atoms with Gasteiger partial charge in [0.2, 0.25) is 11.9 Å². The van der Waals surface area contributed by atoms with E-state index in [0.29, 0.717) is 59.8 Å².